The van der Waals surface area contributed by atoms with Gasteiger partial charge in [-0.3, -0.25) is 9.12 Å². The summed E-state index contributed by atoms with van der Waals surface area (Å²) in [5, 5.41) is 0. The Morgan fingerprint density at radius 1 is 1.62 bits per heavy atom. The molecule has 3 rings (SSSR count). The molecule has 1 saturated carbocycles. The fourth-order valence-corrected chi connectivity index (χ4v) is 2.79. The Morgan fingerprint density at radius 3 is 3.05 bits per heavy atom. The summed E-state index contributed by atoms with van der Waals surface area (Å²) >= 11 is 1.37. The summed E-state index contributed by atoms with van der Waals surface area (Å²) in [5.74, 6) is -0.966. The van der Waals surface area contributed by atoms with Gasteiger partial charge in [0, 0.05) is 16.6 Å². The minimum Gasteiger partial charge on any atom is -0.461 e. The van der Waals surface area contributed by atoms with Gasteiger partial charge in [0.2, 0.25) is 0 Å². The van der Waals surface area contributed by atoms with Crippen molar-refractivity contribution in [3.05, 3.63) is 30.0 Å². The average molecular weight is 309 g/mol. The molecule has 1 aliphatic rings. The van der Waals surface area contributed by atoms with Crippen LogP contribution >= 0.6 is 11.9 Å². The summed E-state index contributed by atoms with van der Waals surface area (Å²) in [6.45, 7) is 4.11. The van der Waals surface area contributed by atoms with E-state index in [1.807, 2.05) is 0 Å². The Hall–Kier alpha value is -1.60. The zero-order valence-electron chi connectivity index (χ0n) is 11.9. The Bertz CT molecular complexity index is 697. The summed E-state index contributed by atoms with van der Waals surface area (Å²) < 4.78 is 23.8. The van der Waals surface area contributed by atoms with Crippen LogP contribution in [0, 0.1) is 5.82 Å². The van der Waals surface area contributed by atoms with Crippen LogP contribution in [0.2, 0.25) is 0 Å². The van der Waals surface area contributed by atoms with E-state index < -0.39 is 11.8 Å². The van der Waals surface area contributed by atoms with Gasteiger partial charge in [0.1, 0.15) is 0 Å². The van der Waals surface area contributed by atoms with Crippen molar-refractivity contribution in [2.24, 2.45) is 0 Å². The molecule has 7 heteroatoms. The van der Waals surface area contributed by atoms with Crippen LogP contribution in [0.1, 0.15) is 37.2 Å². The van der Waals surface area contributed by atoms with E-state index in [1.165, 1.54) is 28.6 Å². The normalized spacial score (nSPS) is 16.1. The number of imidazole rings is 1. The molecule has 0 bridgehead atoms. The van der Waals surface area contributed by atoms with Crippen molar-refractivity contribution in [2.75, 3.05) is 6.61 Å². The first-order valence-corrected chi connectivity index (χ1v) is 7.62. The van der Waals surface area contributed by atoms with Gasteiger partial charge in [0.05, 0.1) is 12.8 Å². The minimum atomic E-state index is -0.506. The maximum atomic E-state index is 14.1. The third-order valence-electron chi connectivity index (χ3n) is 3.44. The number of esters is 1. The third-order valence-corrected chi connectivity index (χ3v) is 4.49. The first kappa shape index (κ1) is 14.3. The van der Waals surface area contributed by atoms with Crippen molar-refractivity contribution in [3.63, 3.8) is 0 Å². The molecule has 0 atom stereocenters. The number of hydrogen-bond acceptors (Lipinski definition) is 5. The largest absolute Gasteiger partial charge is 0.461 e. The SMILES string of the molecule is CCOC(=O)c1cnc2c(F)cc(SNC3(C)CC3)cn12. The number of nitrogens with zero attached hydrogens (tertiary/aromatic N) is 2. The van der Waals surface area contributed by atoms with Gasteiger partial charge in [0.15, 0.2) is 17.2 Å². The Labute approximate surface area is 126 Å². The average Bonchev–Trinajstić information content (AvgIpc) is 3.02. The zero-order valence-corrected chi connectivity index (χ0v) is 12.7. The van der Waals surface area contributed by atoms with E-state index in [0.29, 0.717) is 4.90 Å². The number of fused-ring (bicyclic) bond motifs is 1. The monoisotopic (exact) mass is 309 g/mol. The van der Waals surface area contributed by atoms with Crippen molar-refractivity contribution in [1.82, 2.24) is 14.1 Å². The van der Waals surface area contributed by atoms with Crippen LogP contribution in [0.25, 0.3) is 5.65 Å². The highest BCUT2D eigenvalue weighted by molar-refractivity contribution is 7.97. The van der Waals surface area contributed by atoms with Gasteiger partial charge < -0.3 is 4.74 Å². The molecule has 1 aliphatic carbocycles. The molecule has 2 aromatic heterocycles. The third kappa shape index (κ3) is 2.89. The van der Waals surface area contributed by atoms with Crippen molar-refractivity contribution < 1.29 is 13.9 Å². The molecule has 0 amide bonds. The molecule has 0 radical (unpaired) electrons. The van der Waals surface area contributed by atoms with Crippen molar-refractivity contribution in [1.29, 1.82) is 0 Å². The quantitative estimate of drug-likeness (QED) is 0.680. The fourth-order valence-electron chi connectivity index (χ4n) is 1.91. The number of hydrogen-bond donors (Lipinski definition) is 1. The Balaban J connectivity index is 1.92. The predicted molar refractivity (Wildman–Crippen MR) is 77.7 cm³/mol. The smallest absolute Gasteiger partial charge is 0.356 e. The maximum Gasteiger partial charge on any atom is 0.356 e. The lowest BCUT2D eigenvalue weighted by molar-refractivity contribution is 0.0518. The van der Waals surface area contributed by atoms with E-state index in [0.717, 1.165) is 12.8 Å². The number of ether oxygens (including phenoxy) is 1. The molecular weight excluding hydrogens is 293 g/mol. The number of rotatable bonds is 5. The highest BCUT2D eigenvalue weighted by Crippen LogP contribution is 2.37. The number of carbonyl (C=O) groups excluding carboxylic acids is 1. The lowest BCUT2D eigenvalue weighted by atomic mass is 10.4. The van der Waals surface area contributed by atoms with Crippen LogP contribution in [-0.2, 0) is 4.74 Å². The van der Waals surface area contributed by atoms with Gasteiger partial charge in [0.25, 0.3) is 0 Å². The number of carbonyl (C=O) groups is 1. The van der Waals surface area contributed by atoms with Crippen LogP contribution in [0.5, 0.6) is 0 Å². The molecule has 0 spiro atoms. The van der Waals surface area contributed by atoms with Gasteiger partial charge in [-0.1, -0.05) is 0 Å². The molecule has 0 unspecified atom stereocenters. The molecule has 2 aromatic rings. The molecule has 0 saturated heterocycles. The molecule has 0 aliphatic heterocycles. The van der Waals surface area contributed by atoms with Crippen LogP contribution in [0.15, 0.2) is 23.4 Å². The Kier molecular flexibility index (Phi) is 3.62. The van der Waals surface area contributed by atoms with Crippen LogP contribution in [0.4, 0.5) is 4.39 Å². The van der Waals surface area contributed by atoms with Crippen molar-refractivity contribution in [2.45, 2.75) is 37.1 Å². The zero-order chi connectivity index (χ0) is 15.0. The summed E-state index contributed by atoms with van der Waals surface area (Å²) in [5.41, 5.74) is 0.487. The van der Waals surface area contributed by atoms with Gasteiger partial charge in [-0.2, -0.15) is 0 Å². The maximum absolute atomic E-state index is 14.1. The van der Waals surface area contributed by atoms with Gasteiger partial charge in [-0.25, -0.2) is 14.2 Å². The van der Waals surface area contributed by atoms with Gasteiger partial charge >= 0.3 is 5.97 Å². The molecule has 1 N–H and O–H groups in total. The first-order chi connectivity index (χ1) is 10.0. The number of aromatic nitrogens is 2. The summed E-state index contributed by atoms with van der Waals surface area (Å²) in [6.07, 6.45) is 5.26. The number of pyridine rings is 1. The van der Waals surface area contributed by atoms with E-state index in [1.54, 1.807) is 13.1 Å². The molecule has 1 fully saturated rings. The van der Waals surface area contributed by atoms with Gasteiger partial charge in [-0.15, -0.1) is 0 Å². The van der Waals surface area contributed by atoms with Crippen LogP contribution in [-0.4, -0.2) is 27.5 Å². The topological polar surface area (TPSA) is 55.6 Å². The van der Waals surface area contributed by atoms with Crippen molar-refractivity contribution >= 4 is 23.6 Å². The van der Waals surface area contributed by atoms with E-state index >= 15 is 0 Å². The van der Waals surface area contributed by atoms with Crippen LogP contribution < -0.4 is 4.72 Å². The molecule has 21 heavy (non-hydrogen) atoms. The highest BCUT2D eigenvalue weighted by Gasteiger charge is 2.37. The molecule has 112 valence electrons. The van der Waals surface area contributed by atoms with Crippen LogP contribution in [0.3, 0.4) is 0 Å². The Morgan fingerprint density at radius 2 is 2.38 bits per heavy atom. The molecule has 5 nitrogen and oxygen atoms in total. The van der Waals surface area contributed by atoms with E-state index in [-0.39, 0.29) is 23.5 Å². The van der Waals surface area contributed by atoms with E-state index in [4.69, 9.17) is 4.74 Å². The molecular formula is C14H16FN3O2S. The second kappa shape index (κ2) is 5.31. The summed E-state index contributed by atoms with van der Waals surface area (Å²) in [6, 6.07) is 1.42. The second-order valence-corrected chi connectivity index (χ2v) is 6.23. The number of halogens is 1. The highest BCUT2D eigenvalue weighted by atomic mass is 32.2. The first-order valence-electron chi connectivity index (χ1n) is 6.80. The number of nitrogens with one attached hydrogen (secondary N) is 1. The lowest BCUT2D eigenvalue weighted by Gasteiger charge is -2.11. The van der Waals surface area contributed by atoms with E-state index in [2.05, 4.69) is 16.6 Å². The second-order valence-electron chi connectivity index (χ2n) is 5.35. The molecule has 0 aromatic carbocycles. The predicted octanol–water partition coefficient (Wildman–Crippen LogP) is 2.80. The minimum absolute atomic E-state index is 0.125. The van der Waals surface area contributed by atoms with E-state index in [9.17, 15) is 9.18 Å². The summed E-state index contributed by atoms with van der Waals surface area (Å²) in [4.78, 5) is 16.5. The van der Waals surface area contributed by atoms with Gasteiger partial charge in [-0.05, 0) is 44.7 Å². The lowest BCUT2D eigenvalue weighted by Crippen LogP contribution is -2.20. The summed E-state index contributed by atoms with van der Waals surface area (Å²) in [7, 11) is 0. The van der Waals surface area contributed by atoms with Crippen molar-refractivity contribution in [3.8, 4) is 0 Å². The molecule has 2 heterocycles. The fraction of sp³-hybridized carbons (Fsp3) is 0.429. The standard InChI is InChI=1S/C14H16FN3O2S/c1-3-20-13(19)11-7-16-12-10(15)6-9(8-18(11)12)21-17-14(2)4-5-14/h6-8,17H,3-5H2,1-2H3.